The van der Waals surface area contributed by atoms with Gasteiger partial charge in [0.15, 0.2) is 11.6 Å². The van der Waals surface area contributed by atoms with E-state index in [0.29, 0.717) is 32.0 Å². The zero-order valence-corrected chi connectivity index (χ0v) is 10.5. The molecule has 0 aliphatic rings. The lowest BCUT2D eigenvalue weighted by Gasteiger charge is -2.08. The Morgan fingerprint density at radius 1 is 1.17 bits per heavy atom. The van der Waals surface area contributed by atoms with E-state index in [1.54, 1.807) is 13.2 Å². The highest BCUT2D eigenvalue weighted by atomic mass is 19.1. The lowest BCUT2D eigenvalue weighted by molar-refractivity contribution is 0.0797. The fourth-order valence-corrected chi connectivity index (χ4v) is 1.38. The maximum absolute atomic E-state index is 13.4. The summed E-state index contributed by atoms with van der Waals surface area (Å²) in [5, 5.41) is 8.83. The Morgan fingerprint density at radius 2 is 2.00 bits per heavy atom. The van der Waals surface area contributed by atoms with Gasteiger partial charge < -0.3 is 19.3 Å². The van der Waals surface area contributed by atoms with Gasteiger partial charge in [-0.05, 0) is 24.1 Å². The van der Waals surface area contributed by atoms with Crippen LogP contribution >= 0.6 is 0 Å². The molecule has 0 fully saturated rings. The largest absolute Gasteiger partial charge is 0.488 e. The summed E-state index contributed by atoms with van der Waals surface area (Å²) >= 11 is 0. The van der Waals surface area contributed by atoms with Crippen molar-refractivity contribution in [2.75, 3.05) is 33.5 Å². The van der Waals surface area contributed by atoms with Gasteiger partial charge in [-0.15, -0.1) is 0 Å². The zero-order chi connectivity index (χ0) is 13.2. The Balaban J connectivity index is 2.19. The highest BCUT2D eigenvalue weighted by Crippen LogP contribution is 2.18. The third-order valence-corrected chi connectivity index (χ3v) is 2.30. The molecule has 1 aromatic rings. The monoisotopic (exact) mass is 258 g/mol. The van der Waals surface area contributed by atoms with E-state index in [9.17, 15) is 4.39 Å². The summed E-state index contributed by atoms with van der Waals surface area (Å²) in [6.07, 6.45) is 0.829. The molecular weight excluding hydrogens is 239 g/mol. The van der Waals surface area contributed by atoms with Gasteiger partial charge in [0.2, 0.25) is 0 Å². The first-order valence-corrected chi connectivity index (χ1v) is 5.86. The van der Waals surface area contributed by atoms with Gasteiger partial charge in [0, 0.05) is 20.3 Å². The molecule has 0 aliphatic heterocycles. The van der Waals surface area contributed by atoms with E-state index in [-0.39, 0.29) is 12.4 Å². The van der Waals surface area contributed by atoms with Gasteiger partial charge in [-0.2, -0.15) is 0 Å². The molecule has 0 aliphatic carbocycles. The van der Waals surface area contributed by atoms with Crippen molar-refractivity contribution in [1.29, 1.82) is 0 Å². The normalized spacial score (nSPS) is 10.6. The summed E-state index contributed by atoms with van der Waals surface area (Å²) in [6.45, 7) is 1.79. The van der Waals surface area contributed by atoms with Crippen molar-refractivity contribution in [2.45, 2.75) is 13.0 Å². The van der Waals surface area contributed by atoms with Crippen LogP contribution in [0.5, 0.6) is 5.75 Å². The third kappa shape index (κ3) is 5.44. The second-order valence-electron chi connectivity index (χ2n) is 3.73. The topological polar surface area (TPSA) is 47.9 Å². The van der Waals surface area contributed by atoms with Crippen LogP contribution in [0.25, 0.3) is 0 Å². The average Bonchev–Trinajstić information content (AvgIpc) is 2.39. The molecule has 0 unspecified atom stereocenters. The quantitative estimate of drug-likeness (QED) is 0.685. The van der Waals surface area contributed by atoms with Crippen molar-refractivity contribution in [1.82, 2.24) is 0 Å². The summed E-state index contributed by atoms with van der Waals surface area (Å²) in [4.78, 5) is 0. The maximum Gasteiger partial charge on any atom is 0.165 e. The Labute approximate surface area is 106 Å². The first-order valence-electron chi connectivity index (χ1n) is 5.86. The molecule has 1 aromatic carbocycles. The van der Waals surface area contributed by atoms with Crippen LogP contribution in [0.15, 0.2) is 18.2 Å². The second kappa shape index (κ2) is 8.85. The number of rotatable bonds is 9. The number of hydrogen-bond acceptors (Lipinski definition) is 4. The molecule has 0 radical (unpaired) electrons. The minimum Gasteiger partial charge on any atom is -0.488 e. The summed E-state index contributed by atoms with van der Waals surface area (Å²) in [7, 11) is 1.64. The maximum atomic E-state index is 13.4. The number of aliphatic hydroxyl groups excluding tert-OH is 1. The highest BCUT2D eigenvalue weighted by Gasteiger charge is 2.04. The van der Waals surface area contributed by atoms with Crippen LogP contribution in [0.4, 0.5) is 4.39 Å². The van der Waals surface area contributed by atoms with Crippen molar-refractivity contribution in [3.05, 3.63) is 29.6 Å². The molecule has 0 spiro atoms. The Kier molecular flexibility index (Phi) is 7.32. The lowest BCUT2D eigenvalue weighted by Crippen LogP contribution is -2.09. The van der Waals surface area contributed by atoms with Crippen molar-refractivity contribution in [2.24, 2.45) is 0 Å². The number of benzene rings is 1. The van der Waals surface area contributed by atoms with E-state index in [1.807, 2.05) is 0 Å². The summed E-state index contributed by atoms with van der Waals surface area (Å²) in [5.41, 5.74) is 0.524. The lowest BCUT2D eigenvalue weighted by atomic mass is 10.2. The van der Waals surface area contributed by atoms with Gasteiger partial charge in [-0.3, -0.25) is 0 Å². The molecule has 18 heavy (non-hydrogen) atoms. The van der Waals surface area contributed by atoms with Gasteiger partial charge in [-0.25, -0.2) is 4.39 Å². The highest BCUT2D eigenvalue weighted by molar-refractivity contribution is 5.28. The van der Waals surface area contributed by atoms with Crippen molar-refractivity contribution in [3.8, 4) is 5.75 Å². The first-order chi connectivity index (χ1) is 8.77. The number of methoxy groups -OCH3 is 1. The zero-order valence-electron chi connectivity index (χ0n) is 10.5. The molecule has 0 amide bonds. The summed E-state index contributed by atoms with van der Waals surface area (Å²) in [5.74, 6) is -0.298. The molecule has 0 aromatic heterocycles. The number of hydrogen-bond donors (Lipinski definition) is 1. The van der Waals surface area contributed by atoms with E-state index in [2.05, 4.69) is 0 Å². The van der Waals surface area contributed by atoms with Gasteiger partial charge in [0.25, 0.3) is 0 Å². The average molecular weight is 258 g/mol. The van der Waals surface area contributed by atoms with Gasteiger partial charge in [0.1, 0.15) is 6.61 Å². The van der Waals surface area contributed by atoms with Crippen molar-refractivity contribution >= 4 is 0 Å². The Morgan fingerprint density at radius 3 is 2.67 bits per heavy atom. The Hall–Kier alpha value is -1.17. The van der Waals surface area contributed by atoms with E-state index in [4.69, 9.17) is 19.3 Å². The molecule has 0 atom stereocenters. The molecule has 102 valence electrons. The molecule has 0 saturated heterocycles. The van der Waals surface area contributed by atoms with Gasteiger partial charge in [0.05, 0.1) is 13.2 Å². The standard InChI is InChI=1S/C13H19FO4/c1-16-5-2-6-17-7-8-18-13-4-3-11(10-15)9-12(13)14/h3-4,9,15H,2,5-8,10H2,1H3. The molecule has 4 nitrogen and oxygen atoms in total. The second-order valence-corrected chi connectivity index (χ2v) is 3.73. The molecular formula is C13H19FO4. The van der Waals surface area contributed by atoms with E-state index in [0.717, 1.165) is 6.42 Å². The van der Waals surface area contributed by atoms with Gasteiger partial charge >= 0.3 is 0 Å². The minimum absolute atomic E-state index is 0.174. The van der Waals surface area contributed by atoms with E-state index in [1.165, 1.54) is 12.1 Å². The number of ether oxygens (including phenoxy) is 3. The van der Waals surface area contributed by atoms with Crippen LogP contribution in [-0.4, -0.2) is 38.6 Å². The van der Waals surface area contributed by atoms with Crippen molar-refractivity contribution < 1.29 is 23.7 Å². The molecule has 0 saturated carbocycles. The molecule has 1 rings (SSSR count). The summed E-state index contributed by atoms with van der Waals surface area (Å²) < 4.78 is 28.8. The molecule has 0 heterocycles. The molecule has 1 N–H and O–H groups in total. The number of aliphatic hydroxyl groups is 1. The molecule has 5 heteroatoms. The fourth-order valence-electron chi connectivity index (χ4n) is 1.38. The predicted octanol–water partition coefficient (Wildman–Crippen LogP) is 1.75. The fraction of sp³-hybridized carbons (Fsp3) is 0.538. The predicted molar refractivity (Wildman–Crippen MR) is 65.1 cm³/mol. The Bertz CT molecular complexity index is 344. The van der Waals surface area contributed by atoms with Gasteiger partial charge in [-0.1, -0.05) is 6.07 Å². The smallest absolute Gasteiger partial charge is 0.165 e. The van der Waals surface area contributed by atoms with E-state index >= 15 is 0 Å². The van der Waals surface area contributed by atoms with Crippen LogP contribution in [0.3, 0.4) is 0 Å². The van der Waals surface area contributed by atoms with E-state index < -0.39 is 5.82 Å². The van der Waals surface area contributed by atoms with Crippen molar-refractivity contribution in [3.63, 3.8) is 0 Å². The third-order valence-electron chi connectivity index (χ3n) is 2.30. The van der Waals surface area contributed by atoms with Crippen LogP contribution in [-0.2, 0) is 16.1 Å². The van der Waals surface area contributed by atoms with Crippen LogP contribution < -0.4 is 4.74 Å². The van der Waals surface area contributed by atoms with Crippen LogP contribution in [0, 0.1) is 5.82 Å². The first kappa shape index (κ1) is 14.9. The minimum atomic E-state index is -0.471. The summed E-state index contributed by atoms with van der Waals surface area (Å²) in [6, 6.07) is 4.39. The molecule has 0 bridgehead atoms. The SMILES string of the molecule is COCCCOCCOc1ccc(CO)cc1F. The van der Waals surface area contributed by atoms with Crippen LogP contribution in [0.2, 0.25) is 0 Å². The van der Waals surface area contributed by atoms with Crippen LogP contribution in [0.1, 0.15) is 12.0 Å². The number of halogens is 1.